The number of imide groups is 1. The van der Waals surface area contributed by atoms with Gasteiger partial charge in [0.2, 0.25) is 11.8 Å². The molecule has 2 rings (SSSR count). The molecule has 4 amide bonds. The minimum Gasteiger partial charge on any atom is -0.356 e. The molecule has 0 aliphatic carbocycles. The second-order valence-electron chi connectivity index (χ2n) is 8.83. The summed E-state index contributed by atoms with van der Waals surface area (Å²) in [5, 5.41) is 16.0. The van der Waals surface area contributed by atoms with Crippen LogP contribution in [0, 0.1) is 29.1 Å². The Morgan fingerprint density at radius 1 is 1.20 bits per heavy atom. The Bertz CT molecular complexity index is 885. The number of nitriles is 1. The van der Waals surface area contributed by atoms with Crippen LogP contribution in [0.25, 0.3) is 0 Å². The van der Waals surface area contributed by atoms with Crippen LogP contribution in [-0.4, -0.2) is 72.1 Å². The van der Waals surface area contributed by atoms with E-state index in [2.05, 4.69) is 10.6 Å². The molecule has 9 nitrogen and oxygen atoms in total. The second-order valence-corrected chi connectivity index (χ2v) is 8.83. The molecule has 0 spiro atoms. The summed E-state index contributed by atoms with van der Waals surface area (Å²) in [5.41, 5.74) is 0. The highest BCUT2D eigenvalue weighted by Gasteiger charge is 2.49. The molecule has 2 heterocycles. The van der Waals surface area contributed by atoms with E-state index in [0.717, 1.165) is 0 Å². The highest BCUT2D eigenvalue weighted by atomic mass is 19.4. The molecule has 35 heavy (non-hydrogen) atoms. The van der Waals surface area contributed by atoms with Crippen molar-refractivity contribution >= 4 is 23.6 Å². The Morgan fingerprint density at radius 3 is 2.26 bits per heavy atom. The fraction of sp³-hybridized carbons (Fsp3) is 0.750. The molecule has 0 aromatic carbocycles. The number of nitrogens with zero attached hydrogens (tertiary/aromatic N) is 2. The number of nitrogens with one attached hydrogen (secondary N) is 3. The second kappa shape index (κ2) is 10.8. The molecule has 0 aromatic rings. The molecule has 0 saturated carbocycles. The van der Waals surface area contributed by atoms with E-state index in [-0.39, 0.29) is 19.4 Å². The van der Waals surface area contributed by atoms with Gasteiger partial charge in [-0.3, -0.25) is 24.1 Å². The van der Waals surface area contributed by atoms with Gasteiger partial charge in [0, 0.05) is 19.0 Å². The van der Waals surface area contributed by atoms with E-state index in [1.165, 1.54) is 19.2 Å². The van der Waals surface area contributed by atoms with Gasteiger partial charge in [0.1, 0.15) is 12.1 Å². The van der Waals surface area contributed by atoms with Crippen LogP contribution in [0.1, 0.15) is 33.1 Å². The van der Waals surface area contributed by atoms with Crippen LogP contribution in [0.2, 0.25) is 0 Å². The lowest BCUT2D eigenvalue weighted by molar-refractivity contribution is -0.176. The van der Waals surface area contributed by atoms with E-state index in [1.54, 1.807) is 6.07 Å². The fourth-order valence-electron chi connectivity index (χ4n) is 4.00. The lowest BCUT2D eigenvalue weighted by Gasteiger charge is -2.33. The summed E-state index contributed by atoms with van der Waals surface area (Å²) in [7, 11) is 0. The summed E-state index contributed by atoms with van der Waals surface area (Å²) in [5.74, 6) is -9.27. The number of carbonyl (C=O) groups is 4. The third-order valence-corrected chi connectivity index (χ3v) is 5.97. The summed E-state index contributed by atoms with van der Waals surface area (Å²) in [6, 6.07) is -3.46. The zero-order valence-corrected chi connectivity index (χ0v) is 18.8. The van der Waals surface area contributed by atoms with Gasteiger partial charge in [0.25, 0.3) is 5.91 Å². The summed E-state index contributed by atoms with van der Waals surface area (Å²) in [6.07, 6.45) is -10.9. The molecular weight excluding hydrogens is 488 g/mol. The largest absolute Gasteiger partial charge is 0.471 e. The van der Waals surface area contributed by atoms with Crippen LogP contribution in [-0.2, 0) is 19.2 Å². The highest BCUT2D eigenvalue weighted by Crippen LogP contribution is 2.33. The summed E-state index contributed by atoms with van der Waals surface area (Å²) in [6.45, 7) is 2.18. The van der Waals surface area contributed by atoms with Crippen molar-refractivity contribution in [1.29, 1.82) is 5.26 Å². The Hall–Kier alpha value is -2.89. The molecule has 2 aliphatic rings. The van der Waals surface area contributed by atoms with Crippen molar-refractivity contribution < 1.29 is 45.5 Å². The van der Waals surface area contributed by atoms with Gasteiger partial charge in [-0.1, -0.05) is 13.8 Å². The highest BCUT2D eigenvalue weighted by molar-refractivity contribution is 6.02. The zero-order chi connectivity index (χ0) is 26.7. The summed E-state index contributed by atoms with van der Waals surface area (Å²) in [4.78, 5) is 50.3. The molecule has 196 valence electrons. The van der Waals surface area contributed by atoms with Crippen molar-refractivity contribution in [2.24, 2.45) is 17.8 Å². The van der Waals surface area contributed by atoms with Gasteiger partial charge in [-0.05, 0) is 25.2 Å². The maximum Gasteiger partial charge on any atom is 0.471 e. The first-order valence-electron chi connectivity index (χ1n) is 10.8. The quantitative estimate of drug-likeness (QED) is 0.436. The minimum atomic E-state index is -5.36. The average molecular weight is 513 g/mol. The Kier molecular flexibility index (Phi) is 8.75. The molecule has 0 radical (unpaired) electrons. The molecule has 0 bridgehead atoms. The van der Waals surface area contributed by atoms with Crippen LogP contribution >= 0.6 is 0 Å². The minimum absolute atomic E-state index is 0.253. The third kappa shape index (κ3) is 6.83. The van der Waals surface area contributed by atoms with Gasteiger partial charge < -0.3 is 16.0 Å². The number of alkyl halides is 6. The molecule has 5 atom stereocenters. The van der Waals surface area contributed by atoms with Gasteiger partial charge >= 0.3 is 18.3 Å². The average Bonchev–Trinajstić information content (AvgIpc) is 3.39. The van der Waals surface area contributed by atoms with Crippen molar-refractivity contribution in [2.45, 2.75) is 63.6 Å². The van der Waals surface area contributed by atoms with E-state index in [1.807, 2.05) is 0 Å². The number of rotatable bonds is 7. The van der Waals surface area contributed by atoms with Gasteiger partial charge in [-0.2, -0.15) is 31.6 Å². The van der Waals surface area contributed by atoms with Crippen molar-refractivity contribution in [3.8, 4) is 6.07 Å². The zero-order valence-electron chi connectivity index (χ0n) is 18.8. The standard InChI is InChI=1S/C20H25F6N5O4/c1-9(2)14(30-18(35)20(24,25)26)17(34)31(12(7-27)5-10-3-4-28-15(10)32)16(33)13-6-11(8-29-13)19(21,22)23/h9-14,29H,3-6,8H2,1-2H3,(H,28,32)(H,30,35)/t10-,11+,12-,13-,14-/m0/s1. The van der Waals surface area contributed by atoms with Gasteiger partial charge in [-0.25, -0.2) is 0 Å². The van der Waals surface area contributed by atoms with Crippen molar-refractivity contribution in [3.63, 3.8) is 0 Å². The predicted molar refractivity (Wildman–Crippen MR) is 106 cm³/mol. The first kappa shape index (κ1) is 28.3. The maximum atomic E-state index is 13.3. The van der Waals surface area contributed by atoms with E-state index in [0.29, 0.717) is 4.90 Å². The number of halogens is 6. The number of amides is 4. The lowest BCUT2D eigenvalue weighted by atomic mass is 9.95. The first-order chi connectivity index (χ1) is 16.1. The summed E-state index contributed by atoms with van der Waals surface area (Å²) >= 11 is 0. The monoisotopic (exact) mass is 513 g/mol. The topological polar surface area (TPSA) is 131 Å². The van der Waals surface area contributed by atoms with Gasteiger partial charge in [0.15, 0.2) is 0 Å². The molecule has 15 heteroatoms. The van der Waals surface area contributed by atoms with Crippen molar-refractivity contribution in [2.75, 3.05) is 13.1 Å². The number of carbonyl (C=O) groups excluding carboxylic acids is 4. The molecule has 2 saturated heterocycles. The van der Waals surface area contributed by atoms with E-state index in [9.17, 15) is 50.8 Å². The van der Waals surface area contributed by atoms with E-state index in [4.69, 9.17) is 0 Å². The maximum absolute atomic E-state index is 13.3. The smallest absolute Gasteiger partial charge is 0.356 e. The number of hydrogen-bond donors (Lipinski definition) is 3. The van der Waals surface area contributed by atoms with Crippen LogP contribution in [0.5, 0.6) is 0 Å². The number of hydrogen-bond acceptors (Lipinski definition) is 6. The Labute approximate surface area is 196 Å². The van der Waals surface area contributed by atoms with Gasteiger partial charge in [-0.15, -0.1) is 0 Å². The molecule has 0 unspecified atom stereocenters. The van der Waals surface area contributed by atoms with Crippen LogP contribution in [0.3, 0.4) is 0 Å². The molecule has 3 N–H and O–H groups in total. The normalized spacial score (nSPS) is 24.5. The van der Waals surface area contributed by atoms with Crippen LogP contribution in [0.15, 0.2) is 0 Å². The van der Waals surface area contributed by atoms with Gasteiger partial charge in [0.05, 0.1) is 18.0 Å². The van der Waals surface area contributed by atoms with Crippen LogP contribution < -0.4 is 16.0 Å². The molecule has 0 aromatic heterocycles. The molecule has 2 fully saturated rings. The van der Waals surface area contributed by atoms with Crippen molar-refractivity contribution in [3.05, 3.63) is 0 Å². The Morgan fingerprint density at radius 2 is 1.83 bits per heavy atom. The summed E-state index contributed by atoms with van der Waals surface area (Å²) < 4.78 is 77.8. The third-order valence-electron chi connectivity index (χ3n) is 5.97. The first-order valence-corrected chi connectivity index (χ1v) is 10.8. The molecular formula is C20H25F6N5O4. The SMILES string of the molecule is CC(C)[C@H](NC(=O)C(F)(F)F)C(=O)N(C(=O)[C@@H]1C[C@@H](C(F)(F)F)CN1)[C@H](C#N)C[C@@H]1CCNC1=O. The molecule has 2 aliphatic heterocycles. The van der Waals surface area contributed by atoms with Crippen molar-refractivity contribution in [1.82, 2.24) is 20.9 Å². The Balaban J connectivity index is 2.40. The fourth-order valence-corrected chi connectivity index (χ4v) is 4.00. The van der Waals surface area contributed by atoms with E-state index >= 15 is 0 Å². The predicted octanol–water partition coefficient (Wildman–Crippen LogP) is 1.00. The van der Waals surface area contributed by atoms with E-state index < -0.39 is 84.8 Å². The lowest BCUT2D eigenvalue weighted by Crippen LogP contribution is -2.60. The van der Waals surface area contributed by atoms with Crippen LogP contribution in [0.4, 0.5) is 26.3 Å².